The molecule has 2 N–H and O–H groups in total. The highest BCUT2D eigenvalue weighted by Gasteiger charge is 2.13. The molecule has 0 aliphatic rings. The molecule has 0 atom stereocenters. The lowest BCUT2D eigenvalue weighted by Gasteiger charge is -2.09. The van der Waals surface area contributed by atoms with E-state index < -0.39 is 17.7 Å². The minimum absolute atomic E-state index is 0.0835. The second-order valence-electron chi connectivity index (χ2n) is 5.72. The van der Waals surface area contributed by atoms with Crippen molar-refractivity contribution in [3.8, 4) is 5.75 Å². The molecule has 28 heavy (non-hydrogen) atoms. The van der Waals surface area contributed by atoms with Crippen molar-refractivity contribution in [3.05, 3.63) is 76.2 Å². The molecule has 8 heteroatoms. The van der Waals surface area contributed by atoms with Gasteiger partial charge in [0, 0.05) is 12.6 Å². The number of ether oxygens (including phenoxy) is 1. The van der Waals surface area contributed by atoms with Crippen LogP contribution in [0.3, 0.4) is 0 Å². The number of benzene rings is 2. The third kappa shape index (κ3) is 4.80. The molecule has 0 saturated carbocycles. The molecule has 0 aliphatic heterocycles. The number of amides is 2. The number of hydrogen-bond donors (Lipinski definition) is 2. The van der Waals surface area contributed by atoms with Crippen LogP contribution in [-0.4, -0.2) is 17.8 Å². The van der Waals surface area contributed by atoms with E-state index in [-0.39, 0.29) is 22.9 Å². The Morgan fingerprint density at radius 1 is 1.00 bits per heavy atom. The monoisotopic (exact) mass is 398 g/mol. The summed E-state index contributed by atoms with van der Waals surface area (Å²) in [7, 11) is 0. The van der Waals surface area contributed by atoms with E-state index in [9.17, 15) is 18.8 Å². The maximum absolute atomic E-state index is 13.7. The molecule has 1 aromatic heterocycles. The van der Waals surface area contributed by atoms with Gasteiger partial charge in [-0.1, -0.05) is 6.07 Å². The van der Waals surface area contributed by atoms with Gasteiger partial charge in [0.2, 0.25) is 5.91 Å². The largest absolute Gasteiger partial charge is 0.423 e. The van der Waals surface area contributed by atoms with Crippen LogP contribution < -0.4 is 15.4 Å². The van der Waals surface area contributed by atoms with Crippen LogP contribution in [0.1, 0.15) is 27.0 Å². The molecule has 0 radical (unpaired) electrons. The molecule has 6 nitrogen and oxygen atoms in total. The van der Waals surface area contributed by atoms with Crippen LogP contribution in [0.15, 0.2) is 60.0 Å². The van der Waals surface area contributed by atoms with Crippen LogP contribution in [0.4, 0.5) is 15.8 Å². The van der Waals surface area contributed by atoms with E-state index in [1.54, 1.807) is 24.3 Å². The summed E-state index contributed by atoms with van der Waals surface area (Å²) < 4.78 is 18.9. The molecule has 1 heterocycles. The summed E-state index contributed by atoms with van der Waals surface area (Å²) in [5, 5.41) is 6.86. The van der Waals surface area contributed by atoms with Crippen molar-refractivity contribution in [2.75, 3.05) is 10.6 Å². The second-order valence-corrected chi connectivity index (χ2v) is 6.67. The molecule has 0 bridgehead atoms. The topological polar surface area (TPSA) is 84.5 Å². The Hall–Kier alpha value is -3.52. The van der Waals surface area contributed by atoms with Crippen molar-refractivity contribution in [1.82, 2.24) is 0 Å². The van der Waals surface area contributed by atoms with E-state index >= 15 is 0 Å². The Balaban J connectivity index is 1.66. The SMILES string of the molecule is CC(=O)Nc1cc(C(=O)Oc2ccc(NC(=O)c3cccs3)cc2)ccc1F. The third-order valence-corrected chi connectivity index (χ3v) is 4.45. The van der Waals surface area contributed by atoms with Crippen LogP contribution in [0.5, 0.6) is 5.75 Å². The molecule has 0 saturated heterocycles. The van der Waals surface area contributed by atoms with Gasteiger partial charge in [-0.2, -0.15) is 0 Å². The minimum Gasteiger partial charge on any atom is -0.423 e. The molecule has 0 aliphatic carbocycles. The van der Waals surface area contributed by atoms with Crippen LogP contribution in [0, 0.1) is 5.82 Å². The molecular formula is C20H15FN2O4S. The highest BCUT2D eigenvalue weighted by molar-refractivity contribution is 7.12. The lowest BCUT2D eigenvalue weighted by atomic mass is 10.2. The highest BCUT2D eigenvalue weighted by Crippen LogP contribution is 2.21. The zero-order valence-corrected chi connectivity index (χ0v) is 15.5. The Labute approximate surface area is 164 Å². The van der Waals surface area contributed by atoms with E-state index in [2.05, 4.69) is 10.6 Å². The number of nitrogens with one attached hydrogen (secondary N) is 2. The predicted octanol–water partition coefficient (Wildman–Crippen LogP) is 4.32. The predicted molar refractivity (Wildman–Crippen MR) is 104 cm³/mol. The third-order valence-electron chi connectivity index (χ3n) is 3.58. The van der Waals surface area contributed by atoms with Crippen molar-refractivity contribution in [2.45, 2.75) is 6.92 Å². The van der Waals surface area contributed by atoms with Crippen LogP contribution in [0.2, 0.25) is 0 Å². The van der Waals surface area contributed by atoms with E-state index in [4.69, 9.17) is 4.74 Å². The summed E-state index contributed by atoms with van der Waals surface area (Å²) in [5.74, 6) is -1.79. The van der Waals surface area contributed by atoms with Gasteiger partial charge in [0.25, 0.3) is 5.91 Å². The standard InChI is InChI=1S/C20H15FN2O4S/c1-12(24)22-17-11-13(4-9-16(17)21)20(26)27-15-7-5-14(6-8-15)23-19(25)18-3-2-10-28-18/h2-11H,1H3,(H,22,24)(H,23,25). The number of halogens is 1. The van der Waals surface area contributed by atoms with Gasteiger partial charge < -0.3 is 15.4 Å². The smallest absolute Gasteiger partial charge is 0.343 e. The summed E-state index contributed by atoms with van der Waals surface area (Å²) in [6.45, 7) is 1.24. The van der Waals surface area contributed by atoms with Crippen molar-refractivity contribution < 1.29 is 23.5 Å². The van der Waals surface area contributed by atoms with E-state index in [0.717, 1.165) is 6.07 Å². The van der Waals surface area contributed by atoms with Gasteiger partial charge in [-0.15, -0.1) is 11.3 Å². The lowest BCUT2D eigenvalue weighted by molar-refractivity contribution is -0.114. The van der Waals surface area contributed by atoms with Gasteiger partial charge in [-0.25, -0.2) is 9.18 Å². The number of thiophene rings is 1. The summed E-state index contributed by atoms with van der Waals surface area (Å²) in [6.07, 6.45) is 0. The van der Waals surface area contributed by atoms with E-state index in [1.165, 1.54) is 42.5 Å². The van der Waals surface area contributed by atoms with Gasteiger partial charge in [0.05, 0.1) is 16.1 Å². The van der Waals surface area contributed by atoms with Gasteiger partial charge in [-0.05, 0) is 53.9 Å². The highest BCUT2D eigenvalue weighted by atomic mass is 32.1. The molecule has 142 valence electrons. The number of anilines is 2. The zero-order valence-electron chi connectivity index (χ0n) is 14.7. The zero-order chi connectivity index (χ0) is 20.1. The second kappa shape index (κ2) is 8.45. The van der Waals surface area contributed by atoms with E-state index in [0.29, 0.717) is 10.6 Å². The van der Waals surface area contributed by atoms with Gasteiger partial charge in [0.15, 0.2) is 0 Å². The number of carbonyl (C=O) groups is 3. The van der Waals surface area contributed by atoms with Crippen molar-refractivity contribution >= 4 is 40.5 Å². The quantitative estimate of drug-likeness (QED) is 0.495. The molecule has 3 aromatic rings. The Morgan fingerprint density at radius 2 is 1.75 bits per heavy atom. The van der Waals surface area contributed by atoms with Gasteiger partial charge >= 0.3 is 5.97 Å². The first-order chi connectivity index (χ1) is 13.4. The van der Waals surface area contributed by atoms with Crippen molar-refractivity contribution in [1.29, 1.82) is 0 Å². The Bertz CT molecular complexity index is 1020. The summed E-state index contributed by atoms with van der Waals surface area (Å²) >= 11 is 1.33. The Kier molecular flexibility index (Phi) is 5.81. The van der Waals surface area contributed by atoms with Crippen LogP contribution in [0.25, 0.3) is 0 Å². The molecular weight excluding hydrogens is 383 g/mol. The average Bonchev–Trinajstić information content (AvgIpc) is 3.19. The Morgan fingerprint density at radius 3 is 2.39 bits per heavy atom. The number of rotatable bonds is 5. The van der Waals surface area contributed by atoms with Crippen LogP contribution in [-0.2, 0) is 4.79 Å². The summed E-state index contributed by atoms with van der Waals surface area (Å²) in [5.41, 5.74) is 0.529. The van der Waals surface area contributed by atoms with E-state index in [1.807, 2.05) is 5.38 Å². The first-order valence-electron chi connectivity index (χ1n) is 8.16. The average molecular weight is 398 g/mol. The van der Waals surface area contributed by atoms with Crippen LogP contribution >= 0.6 is 11.3 Å². The molecule has 2 amide bonds. The normalized spacial score (nSPS) is 10.2. The fourth-order valence-electron chi connectivity index (χ4n) is 2.31. The molecule has 0 fully saturated rings. The number of hydrogen-bond acceptors (Lipinski definition) is 5. The van der Waals surface area contributed by atoms with Gasteiger partial charge in [-0.3, -0.25) is 9.59 Å². The fraction of sp³-hybridized carbons (Fsp3) is 0.0500. The van der Waals surface area contributed by atoms with Gasteiger partial charge in [0.1, 0.15) is 11.6 Å². The van der Waals surface area contributed by atoms with Crippen molar-refractivity contribution in [3.63, 3.8) is 0 Å². The molecule has 2 aromatic carbocycles. The lowest BCUT2D eigenvalue weighted by Crippen LogP contribution is -2.12. The molecule has 0 spiro atoms. The first-order valence-corrected chi connectivity index (χ1v) is 9.04. The number of esters is 1. The number of carbonyl (C=O) groups excluding carboxylic acids is 3. The first kappa shape index (κ1) is 19.2. The fourth-order valence-corrected chi connectivity index (χ4v) is 2.93. The summed E-state index contributed by atoms with van der Waals surface area (Å²) in [4.78, 5) is 36.0. The summed E-state index contributed by atoms with van der Waals surface area (Å²) in [6, 6.07) is 13.3. The molecule has 3 rings (SSSR count). The minimum atomic E-state index is -0.707. The molecule has 0 unspecified atom stereocenters. The maximum Gasteiger partial charge on any atom is 0.343 e. The maximum atomic E-state index is 13.7. The van der Waals surface area contributed by atoms with Crippen molar-refractivity contribution in [2.24, 2.45) is 0 Å².